The molecule has 0 aromatic heterocycles. The lowest BCUT2D eigenvalue weighted by molar-refractivity contribution is -0.120. The number of rotatable bonds is 3. The number of anilines is 1. The Balaban J connectivity index is 2.24. The van der Waals surface area contributed by atoms with Crippen LogP contribution in [0.3, 0.4) is 0 Å². The zero-order chi connectivity index (χ0) is 15.5. The molecule has 0 aliphatic carbocycles. The lowest BCUT2D eigenvalue weighted by Gasteiger charge is -2.24. The first-order chi connectivity index (χ1) is 9.95. The maximum Gasteiger partial charge on any atom is 0.248 e. The number of amides is 1. The summed E-state index contributed by atoms with van der Waals surface area (Å²) in [4.78, 5) is 12.4. The maximum absolute atomic E-state index is 12.4. The van der Waals surface area contributed by atoms with E-state index in [1.807, 2.05) is 24.3 Å². The smallest absolute Gasteiger partial charge is 0.248 e. The summed E-state index contributed by atoms with van der Waals surface area (Å²) >= 11 is 5.86. The third-order valence-corrected chi connectivity index (χ3v) is 3.52. The van der Waals surface area contributed by atoms with E-state index < -0.39 is 5.54 Å². The molecule has 0 aliphatic rings. The van der Waals surface area contributed by atoms with Crippen molar-refractivity contribution in [1.82, 2.24) is 0 Å². The fraction of sp³-hybridized carbons (Fsp3) is 0.125. The van der Waals surface area contributed by atoms with Crippen LogP contribution in [0.4, 0.5) is 5.69 Å². The van der Waals surface area contributed by atoms with Gasteiger partial charge in [-0.15, -0.1) is 0 Å². The molecule has 1 atom stereocenters. The highest BCUT2D eigenvalue weighted by Crippen LogP contribution is 2.23. The molecule has 0 spiro atoms. The molecule has 21 heavy (non-hydrogen) atoms. The van der Waals surface area contributed by atoms with Crippen molar-refractivity contribution in [3.63, 3.8) is 0 Å². The molecule has 0 bridgehead atoms. The molecule has 1 unspecified atom stereocenters. The zero-order valence-electron chi connectivity index (χ0n) is 11.4. The van der Waals surface area contributed by atoms with Gasteiger partial charge in [0.1, 0.15) is 11.6 Å². The van der Waals surface area contributed by atoms with Crippen LogP contribution in [0, 0.1) is 11.3 Å². The highest BCUT2D eigenvalue weighted by Gasteiger charge is 2.30. The Morgan fingerprint density at radius 2 is 1.95 bits per heavy atom. The quantitative estimate of drug-likeness (QED) is 0.914. The molecule has 4 nitrogen and oxygen atoms in total. The third-order valence-electron chi connectivity index (χ3n) is 3.19. The summed E-state index contributed by atoms with van der Waals surface area (Å²) in [5, 5.41) is 12.0. The van der Waals surface area contributed by atoms with Crippen LogP contribution < -0.4 is 11.1 Å². The number of nitriles is 1. The first kappa shape index (κ1) is 15.0. The van der Waals surface area contributed by atoms with Crippen molar-refractivity contribution in [3.8, 4) is 6.07 Å². The zero-order valence-corrected chi connectivity index (χ0v) is 12.2. The second-order valence-electron chi connectivity index (χ2n) is 4.83. The van der Waals surface area contributed by atoms with Gasteiger partial charge in [0, 0.05) is 5.69 Å². The maximum atomic E-state index is 12.4. The van der Waals surface area contributed by atoms with Crippen molar-refractivity contribution in [2.75, 3.05) is 5.32 Å². The van der Waals surface area contributed by atoms with Crippen LogP contribution in [0.25, 0.3) is 0 Å². The van der Waals surface area contributed by atoms with Crippen LogP contribution in [0.5, 0.6) is 0 Å². The van der Waals surface area contributed by atoms with Crippen molar-refractivity contribution in [2.45, 2.75) is 12.5 Å². The van der Waals surface area contributed by atoms with E-state index in [1.165, 1.54) is 6.07 Å². The Bertz CT molecular complexity index is 705. The van der Waals surface area contributed by atoms with Gasteiger partial charge >= 0.3 is 0 Å². The van der Waals surface area contributed by atoms with E-state index in [0.29, 0.717) is 21.8 Å². The Labute approximate surface area is 128 Å². The molecule has 2 aromatic rings. The third kappa shape index (κ3) is 3.22. The van der Waals surface area contributed by atoms with Gasteiger partial charge in [0.2, 0.25) is 5.91 Å². The Morgan fingerprint density at radius 1 is 1.29 bits per heavy atom. The SMILES string of the molecule is CC(N)(C(=O)Nc1ccc(Cl)c(C#N)c1)c1ccccc1. The average Bonchev–Trinajstić information content (AvgIpc) is 2.50. The lowest BCUT2D eigenvalue weighted by Crippen LogP contribution is -2.45. The molecule has 5 heteroatoms. The minimum Gasteiger partial charge on any atom is -0.324 e. The predicted molar refractivity (Wildman–Crippen MR) is 82.8 cm³/mol. The number of hydrogen-bond donors (Lipinski definition) is 2. The van der Waals surface area contributed by atoms with E-state index in [4.69, 9.17) is 22.6 Å². The molecule has 2 rings (SSSR count). The van der Waals surface area contributed by atoms with Crippen LogP contribution in [-0.2, 0) is 10.3 Å². The average molecular weight is 300 g/mol. The van der Waals surface area contributed by atoms with Crippen molar-refractivity contribution < 1.29 is 4.79 Å². The first-order valence-corrected chi connectivity index (χ1v) is 6.68. The summed E-state index contributed by atoms with van der Waals surface area (Å²) in [5.41, 5.74) is 6.44. The van der Waals surface area contributed by atoms with Crippen LogP contribution in [0.2, 0.25) is 5.02 Å². The van der Waals surface area contributed by atoms with Gasteiger partial charge in [-0.1, -0.05) is 41.9 Å². The molecule has 0 aliphatic heterocycles. The summed E-state index contributed by atoms with van der Waals surface area (Å²) < 4.78 is 0. The molecule has 0 fully saturated rings. The highest BCUT2D eigenvalue weighted by molar-refractivity contribution is 6.31. The predicted octanol–water partition coefficient (Wildman–Crippen LogP) is 3.02. The minimum absolute atomic E-state index is 0.299. The summed E-state index contributed by atoms with van der Waals surface area (Å²) in [6, 6.07) is 15.8. The molecule has 0 heterocycles. The summed E-state index contributed by atoms with van der Waals surface area (Å²) in [7, 11) is 0. The van der Waals surface area contributed by atoms with Crippen molar-refractivity contribution >= 4 is 23.2 Å². The molecule has 0 radical (unpaired) electrons. The van der Waals surface area contributed by atoms with Gasteiger partial charge < -0.3 is 11.1 Å². The molecule has 1 amide bonds. The molecule has 3 N–H and O–H groups in total. The second-order valence-corrected chi connectivity index (χ2v) is 5.24. The fourth-order valence-corrected chi connectivity index (χ4v) is 2.02. The monoisotopic (exact) mass is 299 g/mol. The summed E-state index contributed by atoms with van der Waals surface area (Å²) in [6.07, 6.45) is 0. The molecule has 106 valence electrons. The van der Waals surface area contributed by atoms with E-state index in [1.54, 1.807) is 31.2 Å². The summed E-state index contributed by atoms with van der Waals surface area (Å²) in [6.45, 7) is 1.64. The van der Waals surface area contributed by atoms with E-state index in [2.05, 4.69) is 5.32 Å². The molecule has 0 saturated carbocycles. The molecular formula is C16H14ClN3O. The lowest BCUT2D eigenvalue weighted by atomic mass is 9.92. The second kappa shape index (κ2) is 5.96. The van der Waals surface area contributed by atoms with Gasteiger partial charge in [-0.05, 0) is 30.7 Å². The van der Waals surface area contributed by atoms with Gasteiger partial charge in [-0.25, -0.2) is 0 Å². The van der Waals surface area contributed by atoms with E-state index in [-0.39, 0.29) is 5.91 Å². The van der Waals surface area contributed by atoms with Crippen molar-refractivity contribution in [2.24, 2.45) is 5.73 Å². The van der Waals surface area contributed by atoms with E-state index >= 15 is 0 Å². The standard InChI is InChI=1S/C16H14ClN3O/c1-16(19,12-5-3-2-4-6-12)15(21)20-13-7-8-14(17)11(9-13)10-18/h2-9H,19H2,1H3,(H,20,21). The topological polar surface area (TPSA) is 78.9 Å². The fourth-order valence-electron chi connectivity index (χ4n) is 1.87. The van der Waals surface area contributed by atoms with Crippen molar-refractivity contribution in [3.05, 3.63) is 64.7 Å². The highest BCUT2D eigenvalue weighted by atomic mass is 35.5. The number of carbonyl (C=O) groups is 1. The number of nitrogens with two attached hydrogens (primary N) is 1. The van der Waals surface area contributed by atoms with Gasteiger partial charge in [-0.2, -0.15) is 5.26 Å². The number of halogens is 1. The van der Waals surface area contributed by atoms with Gasteiger partial charge in [0.25, 0.3) is 0 Å². The number of nitrogens with zero attached hydrogens (tertiary/aromatic N) is 1. The van der Waals surface area contributed by atoms with Crippen LogP contribution in [0.1, 0.15) is 18.1 Å². The summed E-state index contributed by atoms with van der Waals surface area (Å²) in [5.74, 6) is -0.361. The van der Waals surface area contributed by atoms with Gasteiger partial charge in [0.15, 0.2) is 0 Å². The first-order valence-electron chi connectivity index (χ1n) is 6.30. The molecular weight excluding hydrogens is 286 g/mol. The minimum atomic E-state index is -1.17. The van der Waals surface area contributed by atoms with Crippen LogP contribution in [-0.4, -0.2) is 5.91 Å². The molecule has 0 saturated heterocycles. The Morgan fingerprint density at radius 3 is 2.57 bits per heavy atom. The number of carbonyl (C=O) groups excluding carboxylic acids is 1. The largest absolute Gasteiger partial charge is 0.324 e. The van der Waals surface area contributed by atoms with E-state index in [9.17, 15) is 4.79 Å². The van der Waals surface area contributed by atoms with E-state index in [0.717, 1.165) is 0 Å². The van der Waals surface area contributed by atoms with Gasteiger partial charge in [0.05, 0.1) is 10.6 Å². The van der Waals surface area contributed by atoms with Crippen LogP contribution >= 0.6 is 11.6 Å². The Hall–Kier alpha value is -2.35. The number of hydrogen-bond acceptors (Lipinski definition) is 3. The van der Waals surface area contributed by atoms with Gasteiger partial charge in [-0.3, -0.25) is 4.79 Å². The normalized spacial score (nSPS) is 13.0. The number of nitrogens with one attached hydrogen (secondary N) is 1. The van der Waals surface area contributed by atoms with Crippen LogP contribution in [0.15, 0.2) is 48.5 Å². The van der Waals surface area contributed by atoms with Crippen molar-refractivity contribution in [1.29, 1.82) is 5.26 Å². The number of benzene rings is 2. The Kier molecular flexibility index (Phi) is 4.27. The molecule has 2 aromatic carbocycles.